The number of pyridine rings is 1. The van der Waals surface area contributed by atoms with E-state index in [1.807, 2.05) is 31.1 Å². The first kappa shape index (κ1) is 21.3. The Labute approximate surface area is 172 Å². The Morgan fingerprint density at radius 2 is 1.79 bits per heavy atom. The molecule has 0 aliphatic heterocycles. The van der Waals surface area contributed by atoms with Crippen LogP contribution >= 0.6 is 15.9 Å². The maximum atomic E-state index is 13.1. The SMILES string of the molecule is CCOC(=O)C(=C=N)C=C(C(=O)c1ccc(Br)cc1)[n+]1ccc(N(C)C)cc1. The predicted octanol–water partition coefficient (Wildman–Crippen LogP) is 3.26. The van der Waals surface area contributed by atoms with Crippen molar-refractivity contribution in [1.82, 2.24) is 0 Å². The number of allylic oxidation sites excluding steroid dienone is 1. The smallest absolute Gasteiger partial charge is 0.347 e. The molecule has 144 valence electrons. The highest BCUT2D eigenvalue weighted by Gasteiger charge is 2.24. The molecular formula is C21H21BrN3O3+. The highest BCUT2D eigenvalue weighted by atomic mass is 79.9. The summed E-state index contributed by atoms with van der Waals surface area (Å²) in [6.45, 7) is 1.84. The minimum Gasteiger partial charge on any atom is -0.462 e. The third-order valence-electron chi connectivity index (χ3n) is 3.86. The fourth-order valence-corrected chi connectivity index (χ4v) is 2.64. The highest BCUT2D eigenvalue weighted by Crippen LogP contribution is 2.16. The minimum absolute atomic E-state index is 0.133. The summed E-state index contributed by atoms with van der Waals surface area (Å²) in [6.07, 6.45) is 4.78. The molecular weight excluding hydrogens is 422 g/mol. The molecule has 0 atom stereocenters. The maximum absolute atomic E-state index is 13.1. The fourth-order valence-electron chi connectivity index (χ4n) is 2.38. The third kappa shape index (κ3) is 5.25. The van der Waals surface area contributed by atoms with Crippen molar-refractivity contribution in [3.05, 3.63) is 70.5 Å². The van der Waals surface area contributed by atoms with E-state index < -0.39 is 5.97 Å². The van der Waals surface area contributed by atoms with Gasteiger partial charge in [0.2, 0.25) is 0 Å². The second-order valence-electron chi connectivity index (χ2n) is 5.98. The Kier molecular flexibility index (Phi) is 7.44. The van der Waals surface area contributed by atoms with Gasteiger partial charge < -0.3 is 9.64 Å². The zero-order valence-corrected chi connectivity index (χ0v) is 17.5. The minimum atomic E-state index is -0.705. The van der Waals surface area contributed by atoms with Crippen LogP contribution in [-0.2, 0) is 9.53 Å². The Balaban J connectivity index is 2.55. The maximum Gasteiger partial charge on any atom is 0.347 e. The number of esters is 1. The first-order valence-corrected chi connectivity index (χ1v) is 9.34. The number of carbonyl (C=O) groups excluding carboxylic acids is 2. The summed E-state index contributed by atoms with van der Waals surface area (Å²) in [4.78, 5) is 27.1. The van der Waals surface area contributed by atoms with Gasteiger partial charge in [0.1, 0.15) is 5.57 Å². The summed E-state index contributed by atoms with van der Waals surface area (Å²) in [5.41, 5.74) is 1.48. The quantitative estimate of drug-likeness (QED) is 0.178. The van der Waals surface area contributed by atoms with Crippen LogP contribution in [0.3, 0.4) is 0 Å². The van der Waals surface area contributed by atoms with Crippen molar-refractivity contribution in [3.8, 4) is 0 Å². The second-order valence-corrected chi connectivity index (χ2v) is 6.90. The van der Waals surface area contributed by atoms with Crippen molar-refractivity contribution < 1.29 is 18.9 Å². The van der Waals surface area contributed by atoms with E-state index in [0.29, 0.717) is 5.56 Å². The molecule has 1 N–H and O–H groups in total. The number of ketones is 1. The molecule has 0 radical (unpaired) electrons. The van der Waals surface area contributed by atoms with E-state index in [9.17, 15) is 9.59 Å². The van der Waals surface area contributed by atoms with Gasteiger partial charge in [-0.2, -0.15) is 4.57 Å². The molecule has 2 rings (SSSR count). The van der Waals surface area contributed by atoms with Gasteiger partial charge in [-0.15, -0.1) is 0 Å². The van der Waals surface area contributed by atoms with Crippen molar-refractivity contribution in [3.63, 3.8) is 0 Å². The normalized spacial score (nSPS) is 10.8. The number of nitrogens with zero attached hydrogens (tertiary/aromatic N) is 2. The summed E-state index contributed by atoms with van der Waals surface area (Å²) in [5, 5.41) is 7.42. The molecule has 0 spiro atoms. The molecule has 6 nitrogen and oxygen atoms in total. The zero-order valence-electron chi connectivity index (χ0n) is 15.9. The lowest BCUT2D eigenvalue weighted by atomic mass is 10.1. The van der Waals surface area contributed by atoms with Crippen LogP contribution in [0.5, 0.6) is 0 Å². The number of nitrogens with one attached hydrogen (secondary N) is 1. The van der Waals surface area contributed by atoms with E-state index in [4.69, 9.17) is 10.1 Å². The molecule has 0 saturated heterocycles. The summed E-state index contributed by atoms with van der Waals surface area (Å²) >= 11 is 3.35. The average Bonchev–Trinajstić information content (AvgIpc) is 2.69. The van der Waals surface area contributed by atoms with Crippen LogP contribution in [0.25, 0.3) is 5.70 Å². The van der Waals surface area contributed by atoms with Gasteiger partial charge in [-0.05, 0) is 37.1 Å². The lowest BCUT2D eigenvalue weighted by Gasteiger charge is -2.11. The molecule has 1 aromatic carbocycles. The standard InChI is InChI=1S/C21H21BrN3O3/c1-4-28-21(27)16(14-23)13-19(20(26)15-5-7-17(22)8-6-15)25-11-9-18(10-12-25)24(2)3/h5-13,23H,4H2,1-3H3/q+1. The Bertz CT molecular complexity index is 942. The Hall–Kier alpha value is -3.02. The third-order valence-corrected chi connectivity index (χ3v) is 4.39. The number of halogens is 1. The topological polar surface area (TPSA) is 74.3 Å². The van der Waals surface area contributed by atoms with Crippen LogP contribution in [0.2, 0.25) is 0 Å². The van der Waals surface area contributed by atoms with Gasteiger partial charge in [-0.1, -0.05) is 15.9 Å². The molecule has 2 aromatic rings. The number of rotatable bonds is 7. The van der Waals surface area contributed by atoms with Crippen LogP contribution in [0.15, 0.2) is 64.9 Å². The van der Waals surface area contributed by atoms with Crippen LogP contribution < -0.4 is 9.47 Å². The molecule has 7 heteroatoms. The van der Waals surface area contributed by atoms with Crippen LogP contribution in [-0.4, -0.2) is 38.3 Å². The van der Waals surface area contributed by atoms with Crippen molar-refractivity contribution in [1.29, 1.82) is 5.41 Å². The molecule has 0 fully saturated rings. The van der Waals surface area contributed by atoms with E-state index in [-0.39, 0.29) is 23.7 Å². The van der Waals surface area contributed by atoms with Gasteiger partial charge in [0.05, 0.1) is 6.61 Å². The molecule has 0 unspecified atom stereocenters. The van der Waals surface area contributed by atoms with E-state index >= 15 is 0 Å². The lowest BCUT2D eigenvalue weighted by molar-refractivity contribution is -0.576. The molecule has 0 amide bonds. The molecule has 0 bridgehead atoms. The highest BCUT2D eigenvalue weighted by molar-refractivity contribution is 9.10. The lowest BCUT2D eigenvalue weighted by Crippen LogP contribution is -2.36. The zero-order chi connectivity index (χ0) is 20.7. The second kappa shape index (κ2) is 9.78. The summed E-state index contributed by atoms with van der Waals surface area (Å²) in [5.74, 6) is 1.06. The summed E-state index contributed by atoms with van der Waals surface area (Å²) < 4.78 is 7.40. The van der Waals surface area contributed by atoms with Gasteiger partial charge in [0, 0.05) is 48.0 Å². The van der Waals surface area contributed by atoms with Gasteiger partial charge in [-0.3, -0.25) is 10.2 Å². The first-order valence-electron chi connectivity index (χ1n) is 8.55. The number of anilines is 1. The number of aromatic nitrogens is 1. The van der Waals surface area contributed by atoms with Crippen LogP contribution in [0, 0.1) is 5.41 Å². The van der Waals surface area contributed by atoms with E-state index in [1.54, 1.807) is 48.1 Å². The van der Waals surface area contributed by atoms with Crippen molar-refractivity contribution >= 4 is 44.9 Å². The van der Waals surface area contributed by atoms with E-state index in [2.05, 4.69) is 21.8 Å². The van der Waals surface area contributed by atoms with Crippen LogP contribution in [0.4, 0.5) is 5.69 Å². The molecule has 1 heterocycles. The van der Waals surface area contributed by atoms with Crippen molar-refractivity contribution in [2.24, 2.45) is 0 Å². The van der Waals surface area contributed by atoms with Gasteiger partial charge in [-0.25, -0.2) is 4.79 Å². The molecule has 0 saturated carbocycles. The predicted molar refractivity (Wildman–Crippen MR) is 112 cm³/mol. The number of hydrogen-bond donors (Lipinski definition) is 1. The van der Waals surface area contributed by atoms with Crippen LogP contribution in [0.1, 0.15) is 17.3 Å². The Morgan fingerprint density at radius 3 is 2.29 bits per heavy atom. The number of ether oxygens (including phenoxy) is 1. The number of benzene rings is 1. The molecule has 28 heavy (non-hydrogen) atoms. The van der Waals surface area contributed by atoms with E-state index in [1.165, 1.54) is 6.08 Å². The monoisotopic (exact) mass is 442 g/mol. The van der Waals surface area contributed by atoms with Gasteiger partial charge in [0.15, 0.2) is 12.4 Å². The summed E-state index contributed by atoms with van der Waals surface area (Å²) in [6, 6.07) is 10.6. The number of hydrogen-bond acceptors (Lipinski definition) is 5. The molecule has 0 aliphatic rings. The van der Waals surface area contributed by atoms with Crippen molar-refractivity contribution in [2.75, 3.05) is 25.6 Å². The van der Waals surface area contributed by atoms with E-state index in [0.717, 1.165) is 10.2 Å². The van der Waals surface area contributed by atoms with Gasteiger partial charge >= 0.3 is 5.97 Å². The number of carbonyl (C=O) groups is 2. The molecule has 1 aromatic heterocycles. The van der Waals surface area contributed by atoms with Gasteiger partial charge in [0.25, 0.3) is 11.5 Å². The fraction of sp³-hybridized carbons (Fsp3) is 0.190. The first-order chi connectivity index (χ1) is 13.4. The largest absolute Gasteiger partial charge is 0.462 e. The summed E-state index contributed by atoms with van der Waals surface area (Å²) in [7, 11) is 3.83. The number of Topliss-reactive ketones (excluding diaryl/α,β-unsaturated/α-hetero) is 1. The Morgan fingerprint density at radius 1 is 1.18 bits per heavy atom. The molecule has 0 aliphatic carbocycles. The average molecular weight is 443 g/mol. The van der Waals surface area contributed by atoms with Crippen molar-refractivity contribution in [2.45, 2.75) is 6.92 Å².